The molecular weight excluding hydrogens is 572 g/mol. The van der Waals surface area contributed by atoms with Crippen molar-refractivity contribution in [2.45, 2.75) is 0 Å². The van der Waals surface area contributed by atoms with Crippen LogP contribution in [0, 0.1) is 0 Å². The number of rotatable bonds is 2. The van der Waals surface area contributed by atoms with Crippen LogP contribution >= 0.6 is 0 Å². The zero-order valence-electron chi connectivity index (χ0n) is 24.0. The first-order chi connectivity index (χ1) is 22.8. The van der Waals surface area contributed by atoms with Gasteiger partial charge in [-0.15, -0.1) is 0 Å². The van der Waals surface area contributed by atoms with E-state index in [0.717, 1.165) is 99.1 Å². The van der Waals surface area contributed by atoms with E-state index in [-0.39, 0.29) is 0 Å². The van der Waals surface area contributed by atoms with Crippen molar-refractivity contribution < 1.29 is 8.83 Å². The highest BCUT2D eigenvalue weighted by Gasteiger charge is 2.19. The summed E-state index contributed by atoms with van der Waals surface area (Å²) in [4.78, 5) is 18.2. The molecule has 0 atom stereocenters. The maximum Gasteiger partial charge on any atom is 0.139 e. The van der Waals surface area contributed by atoms with Crippen LogP contribution in [0.2, 0.25) is 0 Å². The summed E-state index contributed by atoms with van der Waals surface area (Å²) in [7, 11) is 0. The van der Waals surface area contributed by atoms with Crippen LogP contribution in [0.4, 0.5) is 0 Å². The van der Waals surface area contributed by atoms with E-state index in [4.69, 9.17) is 8.83 Å². The number of pyridine rings is 4. The Morgan fingerprint density at radius 1 is 0.413 bits per heavy atom. The lowest BCUT2D eigenvalue weighted by Crippen LogP contribution is -1.94. The summed E-state index contributed by atoms with van der Waals surface area (Å²) < 4.78 is 17.2. The predicted octanol–water partition coefficient (Wildman–Crippen LogP) is 9.26. The van der Waals surface area contributed by atoms with E-state index in [1.807, 2.05) is 79.6 Å². The van der Waals surface area contributed by atoms with Crippen LogP contribution in [0.15, 0.2) is 131 Å². The van der Waals surface area contributed by atoms with E-state index in [1.54, 1.807) is 0 Å². The molecule has 3 aromatic carbocycles. The molecule has 8 heterocycles. The third-order valence-corrected chi connectivity index (χ3v) is 9.19. The molecule has 46 heavy (non-hydrogen) atoms. The van der Waals surface area contributed by atoms with Crippen molar-refractivity contribution in [2.75, 3.05) is 0 Å². The summed E-state index contributed by atoms with van der Waals surface area (Å²) in [5.41, 5.74) is 11.2. The Morgan fingerprint density at radius 3 is 1.43 bits per heavy atom. The molecule has 0 saturated carbocycles. The number of furan rings is 2. The van der Waals surface area contributed by atoms with Gasteiger partial charge in [0.1, 0.15) is 22.3 Å². The van der Waals surface area contributed by atoms with Gasteiger partial charge in [-0.1, -0.05) is 0 Å². The van der Waals surface area contributed by atoms with Gasteiger partial charge in [0.05, 0.1) is 45.5 Å². The molecule has 0 amide bonds. The lowest BCUT2D eigenvalue weighted by Gasteiger charge is -2.07. The van der Waals surface area contributed by atoms with Crippen LogP contribution in [0.3, 0.4) is 0 Å². The summed E-state index contributed by atoms with van der Waals surface area (Å²) in [5, 5.41) is 6.25. The monoisotopic (exact) mass is 592 g/mol. The highest BCUT2D eigenvalue weighted by molar-refractivity contribution is 6.16. The fourth-order valence-corrected chi connectivity index (χ4v) is 7.22. The first kappa shape index (κ1) is 23.9. The molecule has 0 aliphatic rings. The second kappa shape index (κ2) is 8.55. The Morgan fingerprint density at radius 2 is 0.913 bits per heavy atom. The smallest absolute Gasteiger partial charge is 0.139 e. The highest BCUT2D eigenvalue weighted by Crippen LogP contribution is 2.40. The van der Waals surface area contributed by atoms with Gasteiger partial charge in [0, 0.05) is 74.5 Å². The normalized spacial score (nSPS) is 12.3. The molecule has 8 aromatic heterocycles. The topological polar surface area (TPSA) is 87.7 Å². The van der Waals surface area contributed by atoms with Crippen LogP contribution in [-0.2, 0) is 0 Å². The van der Waals surface area contributed by atoms with E-state index < -0.39 is 0 Å². The van der Waals surface area contributed by atoms with Crippen molar-refractivity contribution in [3.05, 3.63) is 122 Å². The Balaban J connectivity index is 1.16. The summed E-state index contributed by atoms with van der Waals surface area (Å²) >= 11 is 0. The molecule has 0 saturated heterocycles. The van der Waals surface area contributed by atoms with Gasteiger partial charge in [0.2, 0.25) is 0 Å². The van der Waals surface area contributed by atoms with Crippen molar-refractivity contribution in [1.82, 2.24) is 29.1 Å². The van der Waals surface area contributed by atoms with Crippen molar-refractivity contribution >= 4 is 87.7 Å². The first-order valence-electron chi connectivity index (χ1n) is 15.0. The molecule has 0 aliphatic carbocycles. The van der Waals surface area contributed by atoms with E-state index in [0.29, 0.717) is 0 Å². The van der Waals surface area contributed by atoms with Crippen molar-refractivity contribution in [2.24, 2.45) is 0 Å². The van der Waals surface area contributed by atoms with Crippen molar-refractivity contribution in [1.29, 1.82) is 0 Å². The molecule has 0 spiro atoms. The van der Waals surface area contributed by atoms with Crippen molar-refractivity contribution in [3.63, 3.8) is 0 Å². The maximum absolute atomic E-state index is 6.37. The fraction of sp³-hybridized carbons (Fsp3) is 0. The average Bonchev–Trinajstić information content (AvgIpc) is 3.84. The van der Waals surface area contributed by atoms with Gasteiger partial charge < -0.3 is 18.0 Å². The van der Waals surface area contributed by atoms with E-state index >= 15 is 0 Å². The second-order valence-corrected chi connectivity index (χ2v) is 11.6. The largest absolute Gasteiger partial charge is 0.456 e. The van der Waals surface area contributed by atoms with Crippen LogP contribution in [-0.4, -0.2) is 29.1 Å². The zero-order valence-corrected chi connectivity index (χ0v) is 24.0. The van der Waals surface area contributed by atoms with Gasteiger partial charge in [-0.2, -0.15) is 0 Å². The minimum absolute atomic E-state index is 0.782. The van der Waals surface area contributed by atoms with Gasteiger partial charge in [-0.05, 0) is 78.9 Å². The molecule has 0 fully saturated rings. The van der Waals surface area contributed by atoms with Gasteiger partial charge in [0.15, 0.2) is 0 Å². The van der Waals surface area contributed by atoms with E-state index in [9.17, 15) is 0 Å². The Labute approximate surface area is 258 Å². The predicted molar refractivity (Wildman–Crippen MR) is 181 cm³/mol. The minimum Gasteiger partial charge on any atom is -0.456 e. The number of benzene rings is 3. The van der Waals surface area contributed by atoms with Gasteiger partial charge in [0.25, 0.3) is 0 Å². The summed E-state index contributed by atoms with van der Waals surface area (Å²) in [6.45, 7) is 0. The molecule has 0 radical (unpaired) electrons. The summed E-state index contributed by atoms with van der Waals surface area (Å²) in [5.74, 6) is 0. The van der Waals surface area contributed by atoms with Crippen LogP contribution in [0.5, 0.6) is 0 Å². The first-order valence-corrected chi connectivity index (χ1v) is 15.0. The third-order valence-electron chi connectivity index (χ3n) is 9.19. The standard InChI is InChI=1S/C38H20N6O2/c1-3-29-37(41-11-1)23-9-13-39-19-31(23)43(29)21-5-7-33-25(15-21)27-17-28-26-16-22(6-8-34(26)46-36(28)18-35(27)45-33)44-30-4-2-12-42-38(30)24-10-14-40-20-32(24)44/h1-20H. The third kappa shape index (κ3) is 3.07. The van der Waals surface area contributed by atoms with Crippen LogP contribution in [0.1, 0.15) is 0 Å². The molecule has 11 aromatic rings. The number of hydrogen-bond donors (Lipinski definition) is 0. The number of hydrogen-bond acceptors (Lipinski definition) is 6. The number of nitrogens with zero attached hydrogens (tertiary/aromatic N) is 6. The second-order valence-electron chi connectivity index (χ2n) is 11.6. The van der Waals surface area contributed by atoms with Gasteiger partial charge in [-0.3, -0.25) is 19.9 Å². The lowest BCUT2D eigenvalue weighted by atomic mass is 10.1. The molecule has 11 rings (SSSR count). The van der Waals surface area contributed by atoms with Crippen LogP contribution in [0.25, 0.3) is 99.1 Å². The van der Waals surface area contributed by atoms with Crippen molar-refractivity contribution in [3.8, 4) is 11.4 Å². The molecule has 0 aliphatic heterocycles. The molecule has 8 heteroatoms. The van der Waals surface area contributed by atoms with E-state index in [2.05, 4.69) is 71.5 Å². The van der Waals surface area contributed by atoms with Gasteiger partial charge in [-0.25, -0.2) is 0 Å². The molecule has 0 bridgehead atoms. The fourth-order valence-electron chi connectivity index (χ4n) is 7.22. The zero-order chi connectivity index (χ0) is 29.9. The molecular formula is C38H20N6O2. The Hall–Kier alpha value is -6.54. The number of fused-ring (bicyclic) bond motifs is 12. The maximum atomic E-state index is 6.37. The lowest BCUT2D eigenvalue weighted by molar-refractivity contribution is 0.656. The summed E-state index contributed by atoms with van der Waals surface area (Å²) in [6, 6.07) is 29.0. The Bertz CT molecular complexity index is 2740. The highest BCUT2D eigenvalue weighted by atomic mass is 16.3. The quantitative estimate of drug-likeness (QED) is 0.199. The van der Waals surface area contributed by atoms with Gasteiger partial charge >= 0.3 is 0 Å². The number of aromatic nitrogens is 6. The molecule has 214 valence electrons. The molecule has 0 N–H and O–H groups in total. The average molecular weight is 593 g/mol. The van der Waals surface area contributed by atoms with E-state index in [1.165, 1.54) is 0 Å². The molecule has 0 unspecified atom stereocenters. The molecule has 8 nitrogen and oxygen atoms in total. The SMILES string of the molecule is c1cnc2c3ccncc3n(-c3ccc4oc5cc6oc7ccc(-n8c9cnccc9c9ncccc98)cc7c6cc5c4c3)c2c1. The Kier molecular flexibility index (Phi) is 4.43. The minimum atomic E-state index is 0.782. The van der Waals surface area contributed by atoms with Crippen LogP contribution < -0.4 is 0 Å². The summed E-state index contributed by atoms with van der Waals surface area (Å²) in [6.07, 6.45) is 11.1.